The molecule has 208 valence electrons. The minimum absolute atomic E-state index is 0.0560. The van der Waals surface area contributed by atoms with Crippen molar-refractivity contribution in [3.63, 3.8) is 0 Å². The number of oxazole rings is 1. The first kappa shape index (κ1) is 27.6. The molecule has 0 spiro atoms. The number of alkyl halides is 3. The zero-order valence-electron chi connectivity index (χ0n) is 22.0. The lowest BCUT2D eigenvalue weighted by Gasteiger charge is -2.38. The quantitative estimate of drug-likeness (QED) is 0.248. The Morgan fingerprint density at radius 3 is 2.38 bits per heavy atom. The molecule has 6 nitrogen and oxygen atoms in total. The van der Waals surface area contributed by atoms with Gasteiger partial charge in [0.1, 0.15) is 5.76 Å². The number of hydrogen-bond donors (Lipinski definition) is 0. The molecule has 1 amide bonds. The Labute approximate surface area is 234 Å². The molecule has 0 saturated heterocycles. The summed E-state index contributed by atoms with van der Waals surface area (Å²) >= 11 is 6.63. The molecule has 0 N–H and O–H groups in total. The van der Waals surface area contributed by atoms with Crippen LogP contribution in [-0.2, 0) is 23.8 Å². The summed E-state index contributed by atoms with van der Waals surface area (Å²) in [7, 11) is 3.13. The molecule has 0 aliphatic carbocycles. The minimum Gasteiger partial charge on any atom is -0.493 e. The van der Waals surface area contributed by atoms with Crippen LogP contribution in [-0.4, -0.2) is 36.6 Å². The second-order valence-electron chi connectivity index (χ2n) is 9.44. The maximum atomic E-state index is 13.8. The van der Waals surface area contributed by atoms with E-state index in [-0.39, 0.29) is 18.2 Å². The highest BCUT2D eigenvalue weighted by molar-refractivity contribution is 6.31. The fourth-order valence-electron chi connectivity index (χ4n) is 5.01. The van der Waals surface area contributed by atoms with E-state index >= 15 is 0 Å². The summed E-state index contributed by atoms with van der Waals surface area (Å²) in [6.07, 6.45) is -3.90. The second kappa shape index (κ2) is 10.9. The molecule has 1 atom stereocenters. The van der Waals surface area contributed by atoms with Crippen LogP contribution < -0.4 is 9.47 Å². The topological polar surface area (TPSA) is 64.8 Å². The number of nitrogens with zero attached hydrogens (tertiary/aromatic N) is 2. The van der Waals surface area contributed by atoms with Gasteiger partial charge in [0.15, 0.2) is 11.5 Å². The number of aryl methyl sites for hydroxylation is 1. The molecule has 0 unspecified atom stereocenters. The van der Waals surface area contributed by atoms with E-state index in [1.165, 1.54) is 12.1 Å². The second-order valence-corrected chi connectivity index (χ2v) is 9.85. The lowest BCUT2D eigenvalue weighted by molar-refractivity contribution is -0.137. The summed E-state index contributed by atoms with van der Waals surface area (Å²) in [6, 6.07) is 15.3. The van der Waals surface area contributed by atoms with Crippen LogP contribution in [0.25, 0.3) is 11.5 Å². The van der Waals surface area contributed by atoms with Crippen molar-refractivity contribution >= 4 is 17.5 Å². The van der Waals surface area contributed by atoms with Crippen molar-refractivity contribution in [3.05, 3.63) is 99.4 Å². The summed E-state index contributed by atoms with van der Waals surface area (Å²) in [6.45, 7) is 2.11. The van der Waals surface area contributed by atoms with Crippen molar-refractivity contribution in [2.75, 3.05) is 20.8 Å². The van der Waals surface area contributed by atoms with Gasteiger partial charge in [-0.1, -0.05) is 29.8 Å². The third-order valence-electron chi connectivity index (χ3n) is 7.06. The van der Waals surface area contributed by atoms with E-state index in [0.717, 1.165) is 28.8 Å². The Hall–Kier alpha value is -3.98. The predicted molar refractivity (Wildman–Crippen MR) is 144 cm³/mol. The van der Waals surface area contributed by atoms with E-state index < -0.39 is 17.8 Å². The monoisotopic (exact) mass is 570 g/mol. The molecular formula is C30H26ClF3N2O4. The summed E-state index contributed by atoms with van der Waals surface area (Å²) in [5.41, 5.74) is 2.71. The molecule has 1 aliphatic rings. The van der Waals surface area contributed by atoms with Crippen LogP contribution >= 0.6 is 11.6 Å². The third-order valence-corrected chi connectivity index (χ3v) is 7.41. The van der Waals surface area contributed by atoms with Crippen LogP contribution in [0.4, 0.5) is 13.2 Å². The van der Waals surface area contributed by atoms with Gasteiger partial charge in [0, 0.05) is 17.1 Å². The fourth-order valence-corrected chi connectivity index (χ4v) is 5.25. The summed E-state index contributed by atoms with van der Waals surface area (Å²) in [4.78, 5) is 20.0. The van der Waals surface area contributed by atoms with Gasteiger partial charge in [-0.05, 0) is 72.5 Å². The van der Waals surface area contributed by atoms with Crippen molar-refractivity contribution in [2.24, 2.45) is 0 Å². The molecule has 40 heavy (non-hydrogen) atoms. The average molecular weight is 571 g/mol. The van der Waals surface area contributed by atoms with E-state index in [2.05, 4.69) is 4.98 Å². The Balaban J connectivity index is 1.47. The van der Waals surface area contributed by atoms with Gasteiger partial charge in [-0.2, -0.15) is 13.2 Å². The highest BCUT2D eigenvalue weighted by atomic mass is 35.5. The van der Waals surface area contributed by atoms with Crippen molar-refractivity contribution in [1.29, 1.82) is 0 Å². The number of benzene rings is 3. The number of carbonyl (C=O) groups is 1. The normalized spacial score (nSPS) is 15.1. The van der Waals surface area contributed by atoms with Crippen LogP contribution in [0.5, 0.6) is 11.5 Å². The SMILES string of the molecule is COc1cc2c(cc1OC)[C@H](c1ccccc1Cl)N(C(=O)Cc1nc(-c3ccc(C(F)(F)F)cc3)oc1C)CC2. The molecule has 0 bridgehead atoms. The Morgan fingerprint density at radius 1 is 1.05 bits per heavy atom. The Morgan fingerprint density at radius 2 is 1.73 bits per heavy atom. The van der Waals surface area contributed by atoms with Crippen molar-refractivity contribution < 1.29 is 31.9 Å². The zero-order valence-corrected chi connectivity index (χ0v) is 22.8. The maximum Gasteiger partial charge on any atom is 0.416 e. The van der Waals surface area contributed by atoms with Crippen LogP contribution in [0.15, 0.2) is 65.1 Å². The highest BCUT2D eigenvalue weighted by Crippen LogP contribution is 2.43. The van der Waals surface area contributed by atoms with Crippen LogP contribution in [0, 0.1) is 6.92 Å². The third kappa shape index (κ3) is 5.25. The van der Waals surface area contributed by atoms with Gasteiger partial charge in [-0.15, -0.1) is 0 Å². The minimum atomic E-state index is -4.44. The molecule has 1 aromatic heterocycles. The summed E-state index contributed by atoms with van der Waals surface area (Å²) < 4.78 is 55.7. The number of halogens is 4. The van der Waals surface area contributed by atoms with Crippen molar-refractivity contribution in [1.82, 2.24) is 9.88 Å². The van der Waals surface area contributed by atoms with Crippen molar-refractivity contribution in [2.45, 2.75) is 32.0 Å². The highest BCUT2D eigenvalue weighted by Gasteiger charge is 2.35. The Bertz CT molecular complexity index is 1550. The molecule has 5 rings (SSSR count). The molecule has 1 aliphatic heterocycles. The molecular weight excluding hydrogens is 545 g/mol. The van der Waals surface area contributed by atoms with Gasteiger partial charge < -0.3 is 18.8 Å². The largest absolute Gasteiger partial charge is 0.493 e. The van der Waals surface area contributed by atoms with Gasteiger partial charge in [0.05, 0.1) is 37.9 Å². The predicted octanol–water partition coefficient (Wildman–Crippen LogP) is 7.06. The van der Waals surface area contributed by atoms with Gasteiger partial charge in [-0.3, -0.25) is 4.79 Å². The zero-order chi connectivity index (χ0) is 28.6. The number of ether oxygens (including phenoxy) is 2. The first-order valence-electron chi connectivity index (χ1n) is 12.5. The number of rotatable bonds is 6. The van der Waals surface area contributed by atoms with E-state index in [1.807, 2.05) is 30.3 Å². The fraction of sp³-hybridized carbons (Fsp3) is 0.267. The number of methoxy groups -OCH3 is 2. The summed E-state index contributed by atoms with van der Waals surface area (Å²) in [5.74, 6) is 1.52. The lowest BCUT2D eigenvalue weighted by Crippen LogP contribution is -2.41. The first-order chi connectivity index (χ1) is 19.1. The molecule has 4 aromatic rings. The van der Waals surface area contributed by atoms with E-state index in [9.17, 15) is 18.0 Å². The molecule has 2 heterocycles. The number of aromatic nitrogens is 1. The van der Waals surface area contributed by atoms with Gasteiger partial charge >= 0.3 is 6.18 Å². The lowest BCUT2D eigenvalue weighted by atomic mass is 9.87. The molecule has 0 fully saturated rings. The average Bonchev–Trinajstić information content (AvgIpc) is 3.31. The van der Waals surface area contributed by atoms with Gasteiger partial charge in [0.25, 0.3) is 0 Å². The van der Waals surface area contributed by atoms with Gasteiger partial charge in [-0.25, -0.2) is 4.98 Å². The molecule has 0 saturated carbocycles. The molecule has 0 radical (unpaired) electrons. The number of carbonyl (C=O) groups excluding carboxylic acids is 1. The standard InChI is InChI=1S/C30H26ClF3N2O4/c1-17-24(35-29(40-17)18-8-10-20(11-9-18)30(32,33)34)16-27(37)36-13-12-19-14-25(38-2)26(39-3)15-22(19)28(36)21-6-4-5-7-23(21)31/h4-11,14-15,28H,12-13,16H2,1-3H3/t28-/m0/s1. The van der Waals surface area contributed by atoms with Crippen LogP contribution in [0.3, 0.4) is 0 Å². The van der Waals surface area contributed by atoms with Crippen LogP contribution in [0.1, 0.15) is 39.7 Å². The van der Waals surface area contributed by atoms with Crippen molar-refractivity contribution in [3.8, 4) is 23.0 Å². The number of fused-ring (bicyclic) bond motifs is 1. The Kier molecular flexibility index (Phi) is 7.51. The first-order valence-corrected chi connectivity index (χ1v) is 12.9. The maximum absolute atomic E-state index is 13.8. The smallest absolute Gasteiger partial charge is 0.416 e. The number of amides is 1. The summed E-state index contributed by atoms with van der Waals surface area (Å²) in [5, 5.41) is 0.523. The van der Waals surface area contributed by atoms with Gasteiger partial charge in [0.2, 0.25) is 11.8 Å². The molecule has 3 aromatic carbocycles. The van der Waals surface area contributed by atoms with E-state index in [4.69, 9.17) is 25.5 Å². The van der Waals surface area contributed by atoms with Crippen LogP contribution in [0.2, 0.25) is 5.02 Å². The van der Waals surface area contributed by atoms with E-state index in [0.29, 0.717) is 46.5 Å². The number of hydrogen-bond acceptors (Lipinski definition) is 5. The van der Waals surface area contributed by atoms with E-state index in [1.54, 1.807) is 32.1 Å². The molecule has 10 heteroatoms.